The molecule has 0 aromatic heterocycles. The van der Waals surface area contributed by atoms with Gasteiger partial charge in [-0.05, 0) is 30.2 Å². The highest BCUT2D eigenvalue weighted by Crippen LogP contribution is 2.23. The molecule has 0 N–H and O–H groups in total. The molecular formula is C15H14O3. The zero-order chi connectivity index (χ0) is 13.1. The predicted octanol–water partition coefficient (Wildman–Crippen LogP) is 3.18. The van der Waals surface area contributed by atoms with Gasteiger partial charge >= 0.3 is 5.97 Å². The van der Waals surface area contributed by atoms with Crippen molar-refractivity contribution in [2.24, 2.45) is 0 Å². The summed E-state index contributed by atoms with van der Waals surface area (Å²) in [5, 5.41) is 0. The van der Waals surface area contributed by atoms with Gasteiger partial charge in [-0.1, -0.05) is 31.4 Å². The maximum Gasteiger partial charge on any atom is 0.336 e. The summed E-state index contributed by atoms with van der Waals surface area (Å²) >= 11 is 0. The van der Waals surface area contributed by atoms with E-state index in [1.165, 1.54) is 0 Å². The van der Waals surface area contributed by atoms with Crippen LogP contribution < -0.4 is 4.74 Å². The second-order valence-electron chi connectivity index (χ2n) is 3.94. The van der Waals surface area contributed by atoms with Gasteiger partial charge in [-0.3, -0.25) is 0 Å². The molecular weight excluding hydrogens is 228 g/mol. The molecule has 1 aromatic carbocycles. The Hall–Kier alpha value is -2.29. The van der Waals surface area contributed by atoms with E-state index >= 15 is 0 Å². The minimum Gasteiger partial charge on any atom is -0.451 e. The third-order valence-electron chi connectivity index (χ3n) is 2.68. The Kier molecular flexibility index (Phi) is 3.33. The molecule has 3 nitrogen and oxygen atoms in total. The fourth-order valence-corrected chi connectivity index (χ4v) is 1.69. The first-order valence-corrected chi connectivity index (χ1v) is 5.59. The Morgan fingerprint density at radius 1 is 1.28 bits per heavy atom. The van der Waals surface area contributed by atoms with E-state index in [0.717, 1.165) is 11.1 Å². The quantitative estimate of drug-likeness (QED) is 0.761. The van der Waals surface area contributed by atoms with Crippen LogP contribution in [0.3, 0.4) is 0 Å². The van der Waals surface area contributed by atoms with Crippen LogP contribution in [0, 0.1) is 0 Å². The number of cyclic esters (lactones) is 1. The topological polar surface area (TPSA) is 35.5 Å². The maximum atomic E-state index is 11.2. The summed E-state index contributed by atoms with van der Waals surface area (Å²) in [6.07, 6.45) is 4.48. The number of rotatable bonds is 4. The lowest BCUT2D eigenvalue weighted by Gasteiger charge is -2.12. The number of hydrogen-bond donors (Lipinski definition) is 0. The van der Waals surface area contributed by atoms with Gasteiger partial charge in [0.2, 0.25) is 0 Å². The van der Waals surface area contributed by atoms with E-state index in [4.69, 9.17) is 9.47 Å². The molecule has 3 heteroatoms. The van der Waals surface area contributed by atoms with E-state index in [1.807, 2.05) is 12.1 Å². The number of carbonyl (C=O) groups excluding carboxylic acids is 1. The summed E-state index contributed by atoms with van der Waals surface area (Å²) in [7, 11) is 0. The molecule has 0 saturated carbocycles. The third-order valence-corrected chi connectivity index (χ3v) is 2.68. The highest BCUT2D eigenvalue weighted by atomic mass is 16.7. The fourth-order valence-electron chi connectivity index (χ4n) is 1.69. The molecule has 0 amide bonds. The van der Waals surface area contributed by atoms with Gasteiger partial charge in [0.1, 0.15) is 5.75 Å². The number of esters is 1. The van der Waals surface area contributed by atoms with Crippen molar-refractivity contribution in [2.45, 2.75) is 13.2 Å². The van der Waals surface area contributed by atoms with Crippen molar-refractivity contribution in [3.63, 3.8) is 0 Å². The smallest absolute Gasteiger partial charge is 0.336 e. The maximum absolute atomic E-state index is 11.2. The number of hydrogen-bond acceptors (Lipinski definition) is 3. The molecule has 1 unspecified atom stereocenters. The van der Waals surface area contributed by atoms with Crippen LogP contribution in [0.15, 0.2) is 43.0 Å². The van der Waals surface area contributed by atoms with Gasteiger partial charge in [0.05, 0.1) is 0 Å². The highest BCUT2D eigenvalue weighted by Gasteiger charge is 2.23. The summed E-state index contributed by atoms with van der Waals surface area (Å²) in [6, 6.07) is 5.52. The highest BCUT2D eigenvalue weighted by molar-refractivity contribution is 5.90. The minimum atomic E-state index is -0.648. The van der Waals surface area contributed by atoms with Crippen molar-refractivity contribution in [1.29, 1.82) is 0 Å². The lowest BCUT2D eigenvalue weighted by molar-refractivity contribution is -0.148. The lowest BCUT2D eigenvalue weighted by Crippen LogP contribution is -2.15. The normalized spacial score (nSPS) is 17.9. The first kappa shape index (κ1) is 12.2. The average molecular weight is 242 g/mol. The summed E-state index contributed by atoms with van der Waals surface area (Å²) in [4.78, 5) is 11.2. The number of ether oxygens (including phenoxy) is 2. The van der Waals surface area contributed by atoms with Crippen LogP contribution in [0.4, 0.5) is 0 Å². The van der Waals surface area contributed by atoms with Crippen molar-refractivity contribution in [2.75, 3.05) is 0 Å². The van der Waals surface area contributed by atoms with Crippen LogP contribution in [0.5, 0.6) is 5.75 Å². The molecule has 0 spiro atoms. The molecule has 1 heterocycles. The van der Waals surface area contributed by atoms with Crippen molar-refractivity contribution < 1.29 is 14.3 Å². The lowest BCUT2D eigenvalue weighted by atomic mass is 10.1. The monoisotopic (exact) mass is 242 g/mol. The van der Waals surface area contributed by atoms with Gasteiger partial charge < -0.3 is 9.47 Å². The zero-order valence-electron chi connectivity index (χ0n) is 10.2. The van der Waals surface area contributed by atoms with Crippen LogP contribution in [-0.2, 0) is 9.53 Å². The first-order chi connectivity index (χ1) is 8.63. The van der Waals surface area contributed by atoms with Gasteiger partial charge in [-0.25, -0.2) is 4.79 Å². The molecule has 1 aromatic rings. The second kappa shape index (κ2) is 4.92. The summed E-state index contributed by atoms with van der Waals surface area (Å²) in [5.41, 5.74) is 2.46. The Morgan fingerprint density at radius 3 is 2.56 bits per heavy atom. The van der Waals surface area contributed by atoms with Gasteiger partial charge in [0, 0.05) is 11.6 Å². The summed E-state index contributed by atoms with van der Waals surface area (Å²) in [6.45, 7) is 9.16. The molecule has 0 radical (unpaired) electrons. The van der Waals surface area contributed by atoms with Crippen molar-refractivity contribution in [3.05, 3.63) is 54.1 Å². The first-order valence-electron chi connectivity index (χ1n) is 5.59. The molecule has 2 rings (SSSR count). The van der Waals surface area contributed by atoms with E-state index in [9.17, 15) is 4.79 Å². The van der Waals surface area contributed by atoms with Crippen molar-refractivity contribution in [3.8, 4) is 5.75 Å². The third kappa shape index (κ3) is 2.35. The van der Waals surface area contributed by atoms with Gasteiger partial charge in [-0.15, -0.1) is 0 Å². The van der Waals surface area contributed by atoms with Crippen LogP contribution in [0.2, 0.25) is 0 Å². The molecule has 1 atom stereocenters. The zero-order valence-corrected chi connectivity index (χ0v) is 10.2. The van der Waals surface area contributed by atoms with E-state index < -0.39 is 6.29 Å². The molecule has 92 valence electrons. The number of carbonyl (C=O) groups is 1. The van der Waals surface area contributed by atoms with Gasteiger partial charge in [0.25, 0.3) is 6.29 Å². The Balaban J connectivity index is 2.18. The van der Waals surface area contributed by atoms with Gasteiger partial charge in [-0.2, -0.15) is 0 Å². The van der Waals surface area contributed by atoms with Crippen LogP contribution in [0.25, 0.3) is 12.2 Å². The van der Waals surface area contributed by atoms with Crippen LogP contribution in [0.1, 0.15) is 18.1 Å². The van der Waals surface area contributed by atoms with Crippen LogP contribution in [-0.4, -0.2) is 12.3 Å². The predicted molar refractivity (Wildman–Crippen MR) is 70.9 cm³/mol. The summed E-state index contributed by atoms with van der Waals surface area (Å²) < 4.78 is 10.6. The molecule has 0 fully saturated rings. The van der Waals surface area contributed by atoms with E-state index in [-0.39, 0.29) is 5.97 Å². The fraction of sp³-hybridized carbons (Fsp3) is 0.133. The van der Waals surface area contributed by atoms with E-state index in [2.05, 4.69) is 13.2 Å². The Bertz CT molecular complexity index is 541. The summed E-state index contributed by atoms with van der Waals surface area (Å²) in [5.74, 6) is 0.283. The van der Waals surface area contributed by atoms with Crippen molar-refractivity contribution >= 4 is 18.1 Å². The standard InChI is InChI=1S/C15H14O3/c1-4-11-6-7-13(9-12(11)5-2)17-14-8-10(3)15(16)18-14/h4-9,14H,1-2H2,3H3. The second-order valence-corrected chi connectivity index (χ2v) is 3.94. The Labute approximate surface area is 106 Å². The largest absolute Gasteiger partial charge is 0.451 e. The molecule has 0 bridgehead atoms. The van der Waals surface area contributed by atoms with E-state index in [0.29, 0.717) is 11.3 Å². The van der Waals surface area contributed by atoms with Gasteiger partial charge in [0.15, 0.2) is 0 Å². The van der Waals surface area contributed by atoms with Crippen LogP contribution >= 0.6 is 0 Å². The number of benzene rings is 1. The molecule has 18 heavy (non-hydrogen) atoms. The van der Waals surface area contributed by atoms with Crippen molar-refractivity contribution in [1.82, 2.24) is 0 Å². The SMILES string of the molecule is C=Cc1ccc(OC2C=C(C)C(=O)O2)cc1C=C. The molecule has 1 aliphatic rings. The molecule has 0 saturated heterocycles. The molecule has 1 aliphatic heterocycles. The molecule has 0 aliphatic carbocycles. The Morgan fingerprint density at radius 2 is 2.00 bits per heavy atom. The minimum absolute atomic E-state index is 0.341. The average Bonchev–Trinajstić information content (AvgIpc) is 2.68. The van der Waals surface area contributed by atoms with E-state index in [1.54, 1.807) is 31.2 Å².